The quantitative estimate of drug-likeness (QED) is 0.487. The fourth-order valence-electron chi connectivity index (χ4n) is 4.03. The minimum absolute atomic E-state index is 0.253. The number of esters is 2. The van der Waals surface area contributed by atoms with Crippen molar-refractivity contribution in [2.75, 3.05) is 14.2 Å². The van der Waals surface area contributed by atoms with E-state index in [1.165, 1.54) is 20.6 Å². The van der Waals surface area contributed by atoms with Gasteiger partial charge in [0.2, 0.25) is 0 Å². The van der Waals surface area contributed by atoms with Crippen LogP contribution < -0.4 is 10.6 Å². The zero-order valence-electron chi connectivity index (χ0n) is 18.3. The maximum atomic E-state index is 12.7. The van der Waals surface area contributed by atoms with Gasteiger partial charge in [-0.05, 0) is 24.3 Å². The fourth-order valence-corrected chi connectivity index (χ4v) is 4.03. The molecule has 0 saturated heterocycles. The van der Waals surface area contributed by atoms with E-state index in [0.717, 1.165) is 31.2 Å². The minimum Gasteiger partial charge on any atom is -0.469 e. The van der Waals surface area contributed by atoms with E-state index >= 15 is 0 Å². The Morgan fingerprint density at radius 2 is 1.71 bits per heavy atom. The molecule has 0 radical (unpaired) electrons. The lowest BCUT2D eigenvalue weighted by Crippen LogP contribution is -2.53. The zero-order valence-corrected chi connectivity index (χ0v) is 18.3. The molecule has 8 heteroatoms. The minimum atomic E-state index is -1.15. The molecule has 0 unspecified atom stereocenters. The zero-order chi connectivity index (χ0) is 22.6. The van der Waals surface area contributed by atoms with E-state index in [-0.39, 0.29) is 6.42 Å². The van der Waals surface area contributed by atoms with Gasteiger partial charge in [-0.15, -0.1) is 0 Å². The third-order valence-electron chi connectivity index (χ3n) is 5.77. The van der Waals surface area contributed by atoms with E-state index in [4.69, 9.17) is 4.74 Å². The molecule has 0 heterocycles. The van der Waals surface area contributed by atoms with Crippen LogP contribution in [0.2, 0.25) is 0 Å². The Labute approximate surface area is 183 Å². The van der Waals surface area contributed by atoms with Gasteiger partial charge in [-0.3, -0.25) is 4.79 Å². The number of ether oxygens (including phenoxy) is 2. The molecule has 2 amide bonds. The number of hydrogen-bond acceptors (Lipinski definition) is 6. The Balaban J connectivity index is 2.04. The Hall–Kier alpha value is -2.61. The molecule has 172 valence electrons. The Morgan fingerprint density at radius 1 is 1.03 bits per heavy atom. The van der Waals surface area contributed by atoms with Gasteiger partial charge in [0.05, 0.1) is 32.8 Å². The summed E-state index contributed by atoms with van der Waals surface area (Å²) in [4.78, 5) is 36.6. The van der Waals surface area contributed by atoms with Gasteiger partial charge in [0.15, 0.2) is 0 Å². The first-order valence-electron chi connectivity index (χ1n) is 10.9. The molecular formula is C23H34N2O6. The summed E-state index contributed by atoms with van der Waals surface area (Å²) in [5.74, 6) is -0.698. The lowest BCUT2D eigenvalue weighted by molar-refractivity contribution is -0.144. The van der Waals surface area contributed by atoms with Crippen molar-refractivity contribution in [1.29, 1.82) is 0 Å². The van der Waals surface area contributed by atoms with Crippen molar-refractivity contribution in [3.63, 3.8) is 0 Å². The first kappa shape index (κ1) is 24.7. The molecule has 0 spiro atoms. The average molecular weight is 435 g/mol. The van der Waals surface area contributed by atoms with Crippen LogP contribution in [0.5, 0.6) is 0 Å². The Morgan fingerprint density at radius 3 is 2.32 bits per heavy atom. The molecular weight excluding hydrogens is 400 g/mol. The van der Waals surface area contributed by atoms with Gasteiger partial charge in [0.1, 0.15) is 6.04 Å². The standard InChI is InChI=1S/C23H34N2O6/c1-30-21(27)15-20(26)18(13-16-9-5-3-6-10-16)24-23(29)25-19(22(28)31-2)14-17-11-7-4-8-12-17/h3,5-6,9-10,17-20,26H,4,7-8,11-15H2,1-2H3,(H2,24,25,29)/t18-,19+,20-/m0/s1. The molecule has 3 N–H and O–H groups in total. The monoisotopic (exact) mass is 434 g/mol. The number of methoxy groups -OCH3 is 2. The van der Waals surface area contributed by atoms with Crippen LogP contribution in [0.15, 0.2) is 30.3 Å². The van der Waals surface area contributed by atoms with Gasteiger partial charge in [0, 0.05) is 0 Å². The van der Waals surface area contributed by atoms with E-state index < -0.39 is 36.2 Å². The topological polar surface area (TPSA) is 114 Å². The van der Waals surface area contributed by atoms with Crippen LogP contribution in [0.25, 0.3) is 0 Å². The molecule has 2 rings (SSSR count). The van der Waals surface area contributed by atoms with Crippen LogP contribution in [0.4, 0.5) is 4.79 Å². The van der Waals surface area contributed by atoms with Crippen LogP contribution in [0.1, 0.15) is 50.5 Å². The molecule has 8 nitrogen and oxygen atoms in total. The largest absolute Gasteiger partial charge is 0.469 e. The molecule has 1 aliphatic carbocycles. The van der Waals surface area contributed by atoms with Crippen LogP contribution >= 0.6 is 0 Å². The summed E-state index contributed by atoms with van der Waals surface area (Å²) in [6.45, 7) is 0. The number of amides is 2. The first-order valence-corrected chi connectivity index (χ1v) is 10.9. The third kappa shape index (κ3) is 8.57. The van der Waals surface area contributed by atoms with Crippen LogP contribution in [0.3, 0.4) is 0 Å². The number of hydrogen-bond donors (Lipinski definition) is 3. The van der Waals surface area contributed by atoms with Gasteiger partial charge >= 0.3 is 18.0 Å². The second kappa shape index (κ2) is 12.9. The molecule has 0 bridgehead atoms. The number of aliphatic hydroxyl groups excluding tert-OH is 1. The van der Waals surface area contributed by atoms with Gasteiger partial charge in [0.25, 0.3) is 0 Å². The van der Waals surface area contributed by atoms with E-state index in [1.807, 2.05) is 30.3 Å². The molecule has 1 aromatic carbocycles. The Kier molecular flexibility index (Phi) is 10.3. The number of carbonyl (C=O) groups excluding carboxylic acids is 3. The third-order valence-corrected chi connectivity index (χ3v) is 5.77. The molecule has 3 atom stereocenters. The number of urea groups is 1. The lowest BCUT2D eigenvalue weighted by atomic mass is 9.85. The van der Waals surface area contributed by atoms with Gasteiger partial charge in [-0.2, -0.15) is 0 Å². The maximum Gasteiger partial charge on any atom is 0.328 e. The summed E-state index contributed by atoms with van der Waals surface area (Å²) in [5, 5.41) is 16.0. The van der Waals surface area contributed by atoms with Crippen LogP contribution in [0, 0.1) is 5.92 Å². The summed E-state index contributed by atoms with van der Waals surface area (Å²) in [5.41, 5.74) is 0.892. The summed E-state index contributed by atoms with van der Waals surface area (Å²) >= 11 is 0. The normalized spacial score (nSPS) is 17.1. The molecule has 1 saturated carbocycles. The molecule has 31 heavy (non-hydrogen) atoms. The number of benzene rings is 1. The Bertz CT molecular complexity index is 705. The summed E-state index contributed by atoms with van der Waals surface area (Å²) < 4.78 is 9.51. The number of rotatable bonds is 10. The van der Waals surface area contributed by atoms with E-state index in [1.54, 1.807) is 0 Å². The van der Waals surface area contributed by atoms with E-state index in [2.05, 4.69) is 15.4 Å². The smallest absolute Gasteiger partial charge is 0.328 e. The van der Waals surface area contributed by atoms with E-state index in [0.29, 0.717) is 18.8 Å². The van der Waals surface area contributed by atoms with Crippen LogP contribution in [-0.2, 0) is 25.5 Å². The second-order valence-electron chi connectivity index (χ2n) is 8.08. The highest BCUT2D eigenvalue weighted by molar-refractivity contribution is 5.83. The molecule has 1 aromatic rings. The van der Waals surface area contributed by atoms with Crippen molar-refractivity contribution in [1.82, 2.24) is 10.6 Å². The van der Waals surface area contributed by atoms with Crippen molar-refractivity contribution < 1.29 is 29.0 Å². The number of carbonyl (C=O) groups is 3. The fraction of sp³-hybridized carbons (Fsp3) is 0.609. The van der Waals surface area contributed by atoms with Crippen LogP contribution in [-0.4, -0.2) is 55.5 Å². The molecule has 0 aliphatic heterocycles. The summed E-state index contributed by atoms with van der Waals surface area (Å²) in [6.07, 6.45) is 4.97. The predicted molar refractivity (Wildman–Crippen MR) is 115 cm³/mol. The van der Waals surface area contributed by atoms with Crippen molar-refractivity contribution in [2.24, 2.45) is 5.92 Å². The summed E-state index contributed by atoms with van der Waals surface area (Å²) in [7, 11) is 2.54. The van der Waals surface area contributed by atoms with E-state index in [9.17, 15) is 19.5 Å². The highest BCUT2D eigenvalue weighted by atomic mass is 16.5. The predicted octanol–water partition coefficient (Wildman–Crippen LogP) is 2.33. The number of aliphatic hydroxyl groups is 1. The SMILES string of the molecule is COC(=O)C[C@H](O)[C@H](Cc1ccccc1)NC(=O)N[C@H](CC1CCCCC1)C(=O)OC. The second-order valence-corrected chi connectivity index (χ2v) is 8.08. The lowest BCUT2D eigenvalue weighted by Gasteiger charge is -2.28. The van der Waals surface area contributed by atoms with Crippen molar-refractivity contribution >= 4 is 18.0 Å². The highest BCUT2D eigenvalue weighted by Crippen LogP contribution is 2.27. The van der Waals surface area contributed by atoms with Crippen molar-refractivity contribution in [3.05, 3.63) is 35.9 Å². The highest BCUT2D eigenvalue weighted by Gasteiger charge is 2.29. The van der Waals surface area contributed by atoms with Gasteiger partial charge in [-0.25, -0.2) is 9.59 Å². The molecule has 1 aliphatic rings. The van der Waals surface area contributed by atoms with Gasteiger partial charge in [-0.1, -0.05) is 62.4 Å². The average Bonchev–Trinajstić information content (AvgIpc) is 2.78. The molecule has 1 fully saturated rings. The number of nitrogens with one attached hydrogen (secondary N) is 2. The first-order chi connectivity index (χ1) is 14.9. The van der Waals surface area contributed by atoms with Gasteiger partial charge < -0.3 is 25.2 Å². The van der Waals surface area contributed by atoms with Crippen molar-refractivity contribution in [2.45, 2.75) is 69.6 Å². The van der Waals surface area contributed by atoms with Crippen molar-refractivity contribution in [3.8, 4) is 0 Å². The maximum absolute atomic E-state index is 12.7. The summed E-state index contributed by atoms with van der Waals surface area (Å²) in [6, 6.07) is 7.24. The molecule has 0 aromatic heterocycles.